The maximum absolute atomic E-state index is 11.7. The number of primary amides is 1. The van der Waals surface area contributed by atoms with Crippen LogP contribution in [0.5, 0.6) is 0 Å². The number of para-hydroxylation sites is 1. The van der Waals surface area contributed by atoms with Gasteiger partial charge in [0.2, 0.25) is 0 Å². The zero-order valence-corrected chi connectivity index (χ0v) is 14.8. The van der Waals surface area contributed by atoms with Crippen LogP contribution in [-0.2, 0) is 0 Å². The fourth-order valence-electron chi connectivity index (χ4n) is 2.75. The Morgan fingerprint density at radius 2 is 1.89 bits per heavy atom. The number of carbonyl (C=O) groups is 1. The summed E-state index contributed by atoms with van der Waals surface area (Å²) in [5.41, 5.74) is 7.91. The van der Waals surface area contributed by atoms with Crippen molar-refractivity contribution in [2.24, 2.45) is 5.73 Å². The van der Waals surface area contributed by atoms with E-state index in [2.05, 4.69) is 20.3 Å². The van der Waals surface area contributed by atoms with Crippen molar-refractivity contribution in [2.45, 2.75) is 0 Å². The second kappa shape index (κ2) is 7.01. The summed E-state index contributed by atoms with van der Waals surface area (Å²) in [6.07, 6.45) is 3.38. The number of halogens is 1. The Bertz CT molecular complexity index is 1150. The number of rotatable bonds is 4. The maximum atomic E-state index is 11.7. The summed E-state index contributed by atoms with van der Waals surface area (Å²) in [5.74, 6) is 0.508. The minimum absolute atomic E-state index is 0.370. The first kappa shape index (κ1) is 16.9. The number of fused-ring (bicyclic) bond motifs is 1. The first-order chi connectivity index (χ1) is 13.1. The number of anilines is 2. The van der Waals surface area contributed by atoms with Crippen LogP contribution in [0.1, 0.15) is 10.4 Å². The molecule has 1 amide bonds. The van der Waals surface area contributed by atoms with Crippen LogP contribution in [-0.4, -0.2) is 20.9 Å². The Morgan fingerprint density at radius 1 is 1.04 bits per heavy atom. The lowest BCUT2D eigenvalue weighted by Crippen LogP contribution is -2.13. The Hall–Kier alpha value is -3.51. The number of amides is 1. The molecule has 0 aliphatic heterocycles. The van der Waals surface area contributed by atoms with Gasteiger partial charge in [-0.05, 0) is 42.5 Å². The molecule has 0 aliphatic carbocycles. The number of aromatic nitrogens is 3. The van der Waals surface area contributed by atoms with Crippen molar-refractivity contribution in [2.75, 3.05) is 5.32 Å². The van der Waals surface area contributed by atoms with Crippen molar-refractivity contribution in [3.05, 3.63) is 77.6 Å². The van der Waals surface area contributed by atoms with Crippen molar-refractivity contribution < 1.29 is 4.79 Å². The summed E-state index contributed by atoms with van der Waals surface area (Å²) in [7, 11) is 0. The van der Waals surface area contributed by atoms with Crippen molar-refractivity contribution in [1.82, 2.24) is 15.0 Å². The molecule has 27 heavy (non-hydrogen) atoms. The lowest BCUT2D eigenvalue weighted by atomic mass is 10.1. The molecule has 2 aromatic carbocycles. The molecule has 6 nitrogen and oxygen atoms in total. The highest BCUT2D eigenvalue weighted by atomic mass is 35.5. The molecule has 3 N–H and O–H groups in total. The van der Waals surface area contributed by atoms with Crippen LogP contribution in [0, 0.1) is 0 Å². The zero-order valence-electron chi connectivity index (χ0n) is 14.1. The molecule has 4 rings (SSSR count). The number of carbonyl (C=O) groups excluding carboxylic acids is 1. The predicted octanol–water partition coefficient (Wildman–Crippen LogP) is 4.19. The quantitative estimate of drug-likeness (QED) is 0.557. The summed E-state index contributed by atoms with van der Waals surface area (Å²) < 4.78 is 0. The van der Waals surface area contributed by atoms with Crippen LogP contribution < -0.4 is 11.1 Å². The number of hydrogen-bond acceptors (Lipinski definition) is 5. The van der Waals surface area contributed by atoms with Gasteiger partial charge in [-0.1, -0.05) is 23.7 Å². The van der Waals surface area contributed by atoms with Gasteiger partial charge in [-0.2, -0.15) is 0 Å². The molecule has 0 atom stereocenters. The van der Waals surface area contributed by atoms with Crippen LogP contribution in [0.3, 0.4) is 0 Å². The van der Waals surface area contributed by atoms with E-state index >= 15 is 0 Å². The fraction of sp³-hybridized carbons (Fsp3) is 0. The highest BCUT2D eigenvalue weighted by Crippen LogP contribution is 2.30. The third kappa shape index (κ3) is 3.43. The van der Waals surface area contributed by atoms with Crippen LogP contribution in [0.4, 0.5) is 11.5 Å². The summed E-state index contributed by atoms with van der Waals surface area (Å²) in [6.45, 7) is 0. The number of nitrogens with two attached hydrogens (primary N) is 1. The highest BCUT2D eigenvalue weighted by Gasteiger charge is 2.13. The first-order valence-corrected chi connectivity index (χ1v) is 8.53. The Morgan fingerprint density at radius 3 is 2.67 bits per heavy atom. The summed E-state index contributed by atoms with van der Waals surface area (Å²) in [4.78, 5) is 25.1. The van der Waals surface area contributed by atoms with Gasteiger partial charge < -0.3 is 11.1 Å². The summed E-state index contributed by atoms with van der Waals surface area (Å²) in [5, 5.41) is 4.50. The Kier molecular flexibility index (Phi) is 4.40. The van der Waals surface area contributed by atoms with Crippen LogP contribution in [0.2, 0.25) is 5.02 Å². The Labute approximate surface area is 160 Å². The van der Waals surface area contributed by atoms with Gasteiger partial charge >= 0.3 is 0 Å². The molecule has 132 valence electrons. The molecular weight excluding hydrogens is 362 g/mol. The third-order valence-corrected chi connectivity index (χ3v) is 4.26. The van der Waals surface area contributed by atoms with Crippen LogP contribution >= 0.6 is 11.6 Å². The molecule has 0 fully saturated rings. The van der Waals surface area contributed by atoms with E-state index < -0.39 is 5.91 Å². The second-order valence-corrected chi connectivity index (χ2v) is 6.27. The van der Waals surface area contributed by atoms with E-state index in [-0.39, 0.29) is 0 Å². The lowest BCUT2D eigenvalue weighted by Gasteiger charge is -2.13. The molecule has 2 heterocycles. The first-order valence-electron chi connectivity index (χ1n) is 8.15. The van der Waals surface area contributed by atoms with E-state index in [9.17, 15) is 4.79 Å². The molecule has 0 unspecified atom stereocenters. The van der Waals surface area contributed by atoms with E-state index in [0.29, 0.717) is 33.4 Å². The molecular formula is C20H14ClN5O. The van der Waals surface area contributed by atoms with Gasteiger partial charge in [0.1, 0.15) is 5.82 Å². The molecule has 0 radical (unpaired) electrons. The SMILES string of the molecule is NC(=O)c1ccccc1Nc1nc(-c2cccnc2)nc2ccc(Cl)cc12. The number of nitrogens with one attached hydrogen (secondary N) is 1. The average Bonchev–Trinajstić information content (AvgIpc) is 2.69. The minimum Gasteiger partial charge on any atom is -0.366 e. The maximum Gasteiger partial charge on any atom is 0.250 e. The van der Waals surface area contributed by atoms with Crippen molar-refractivity contribution in [3.63, 3.8) is 0 Å². The van der Waals surface area contributed by atoms with Crippen LogP contribution in [0.15, 0.2) is 67.0 Å². The lowest BCUT2D eigenvalue weighted by molar-refractivity contribution is 0.100. The average molecular weight is 376 g/mol. The smallest absolute Gasteiger partial charge is 0.250 e. The van der Waals surface area contributed by atoms with E-state index in [1.807, 2.05) is 24.3 Å². The molecule has 4 aromatic rings. The van der Waals surface area contributed by atoms with Gasteiger partial charge in [0, 0.05) is 28.4 Å². The highest BCUT2D eigenvalue weighted by molar-refractivity contribution is 6.31. The van der Waals surface area contributed by atoms with E-state index in [4.69, 9.17) is 17.3 Å². The molecule has 2 aromatic heterocycles. The summed E-state index contributed by atoms with van der Waals surface area (Å²) >= 11 is 6.16. The second-order valence-electron chi connectivity index (χ2n) is 5.83. The minimum atomic E-state index is -0.526. The topological polar surface area (TPSA) is 93.8 Å². The number of pyridine rings is 1. The zero-order chi connectivity index (χ0) is 18.8. The van der Waals surface area contributed by atoms with Gasteiger partial charge in [-0.25, -0.2) is 9.97 Å². The summed E-state index contributed by atoms with van der Waals surface area (Å²) in [6, 6.07) is 16.1. The third-order valence-electron chi connectivity index (χ3n) is 4.02. The van der Waals surface area contributed by atoms with Gasteiger partial charge in [-0.3, -0.25) is 9.78 Å². The number of hydrogen-bond donors (Lipinski definition) is 2. The molecule has 7 heteroatoms. The van der Waals surface area contributed by atoms with E-state index in [1.165, 1.54) is 0 Å². The largest absolute Gasteiger partial charge is 0.366 e. The predicted molar refractivity (Wildman–Crippen MR) is 106 cm³/mol. The van der Waals surface area contributed by atoms with Gasteiger partial charge in [0.25, 0.3) is 5.91 Å². The van der Waals surface area contributed by atoms with Gasteiger partial charge in [0.15, 0.2) is 5.82 Å². The number of benzene rings is 2. The van der Waals surface area contributed by atoms with Gasteiger partial charge in [-0.15, -0.1) is 0 Å². The molecule has 0 spiro atoms. The Balaban J connectivity index is 1.91. The standard InChI is InChI=1S/C20H14ClN5O/c21-13-7-8-17-15(10-13)20(25-16-6-2-1-5-14(16)18(22)27)26-19(24-17)12-4-3-9-23-11-12/h1-11H,(H2,22,27)(H,24,25,26). The number of nitrogens with zero attached hydrogens (tertiary/aromatic N) is 3. The monoisotopic (exact) mass is 375 g/mol. The normalized spacial score (nSPS) is 10.7. The van der Waals surface area contributed by atoms with Crippen molar-refractivity contribution in [3.8, 4) is 11.4 Å². The molecule has 0 aliphatic rings. The van der Waals surface area contributed by atoms with E-state index in [0.717, 1.165) is 10.9 Å². The van der Waals surface area contributed by atoms with Crippen LogP contribution in [0.25, 0.3) is 22.3 Å². The van der Waals surface area contributed by atoms with Crippen molar-refractivity contribution in [1.29, 1.82) is 0 Å². The molecule has 0 saturated carbocycles. The molecule has 0 saturated heterocycles. The van der Waals surface area contributed by atoms with Crippen molar-refractivity contribution >= 4 is 39.9 Å². The molecule has 0 bridgehead atoms. The van der Waals surface area contributed by atoms with Gasteiger partial charge in [0.05, 0.1) is 16.8 Å². The van der Waals surface area contributed by atoms with E-state index in [1.54, 1.807) is 42.7 Å². The fourth-order valence-corrected chi connectivity index (χ4v) is 2.93.